The summed E-state index contributed by atoms with van der Waals surface area (Å²) in [5.41, 5.74) is 2.21. The molecule has 0 radical (unpaired) electrons. The molecule has 84 valence electrons. The zero-order valence-electron chi connectivity index (χ0n) is 9.47. The Morgan fingerprint density at radius 3 is 2.76 bits per heavy atom. The minimum atomic E-state index is -0.243. The second kappa shape index (κ2) is 4.27. The van der Waals surface area contributed by atoms with E-state index in [1.807, 2.05) is 13.0 Å². The van der Waals surface area contributed by atoms with Crippen LogP contribution in [-0.4, -0.2) is 12.5 Å². The number of aryl methyl sites for hydroxylation is 1. The number of hydrogen-bond donors (Lipinski definition) is 0. The van der Waals surface area contributed by atoms with Crippen LogP contribution in [-0.2, 0) is 4.79 Å². The molecule has 1 fully saturated rings. The van der Waals surface area contributed by atoms with Gasteiger partial charge in [-0.05, 0) is 24.6 Å². The van der Waals surface area contributed by atoms with Crippen LogP contribution in [0.15, 0.2) is 18.2 Å². The lowest BCUT2D eigenvalue weighted by atomic mass is 10.1. The molecule has 1 heterocycles. The van der Waals surface area contributed by atoms with Crippen molar-refractivity contribution in [3.05, 3.63) is 29.3 Å². The van der Waals surface area contributed by atoms with Crippen LogP contribution in [0.25, 0.3) is 0 Å². The smallest absolute Gasteiger partial charge is 0.228 e. The zero-order chi connectivity index (χ0) is 12.4. The maximum absolute atomic E-state index is 11.8. The first-order chi connectivity index (χ1) is 8.15. The van der Waals surface area contributed by atoms with Crippen molar-refractivity contribution in [3.63, 3.8) is 0 Å². The maximum Gasteiger partial charge on any atom is 0.228 e. The Morgan fingerprint density at radius 2 is 2.18 bits per heavy atom. The molecule has 0 spiro atoms. The summed E-state index contributed by atoms with van der Waals surface area (Å²) in [5.74, 6) is -0.289. The first-order valence-electron chi connectivity index (χ1n) is 5.36. The van der Waals surface area contributed by atoms with Gasteiger partial charge in [-0.2, -0.15) is 10.5 Å². The van der Waals surface area contributed by atoms with E-state index in [1.165, 1.54) is 0 Å². The molecule has 4 nitrogen and oxygen atoms in total. The molecule has 1 atom stereocenters. The fourth-order valence-corrected chi connectivity index (χ4v) is 2.00. The average Bonchev–Trinajstić information content (AvgIpc) is 2.71. The second-order valence-electron chi connectivity index (χ2n) is 4.15. The first-order valence-corrected chi connectivity index (χ1v) is 5.36. The molecule has 2 rings (SSSR count). The molecule has 0 aromatic heterocycles. The van der Waals surface area contributed by atoms with E-state index in [0.717, 1.165) is 11.3 Å². The molecule has 1 unspecified atom stereocenters. The summed E-state index contributed by atoms with van der Waals surface area (Å²) in [7, 11) is 0. The highest BCUT2D eigenvalue weighted by Crippen LogP contribution is 2.28. The highest BCUT2D eigenvalue weighted by molar-refractivity contribution is 5.96. The summed E-state index contributed by atoms with van der Waals surface area (Å²) in [5, 5.41) is 17.7. The van der Waals surface area contributed by atoms with Crippen molar-refractivity contribution in [2.24, 2.45) is 5.92 Å². The van der Waals surface area contributed by atoms with E-state index in [2.05, 4.69) is 12.1 Å². The number of carbonyl (C=O) groups excluding carboxylic acids is 1. The monoisotopic (exact) mass is 225 g/mol. The van der Waals surface area contributed by atoms with Crippen LogP contribution < -0.4 is 4.90 Å². The molecule has 0 aliphatic carbocycles. The average molecular weight is 225 g/mol. The summed E-state index contributed by atoms with van der Waals surface area (Å²) in [6.07, 6.45) is 0.271. The van der Waals surface area contributed by atoms with Crippen LogP contribution in [0, 0.1) is 35.5 Å². The molecular weight excluding hydrogens is 214 g/mol. The van der Waals surface area contributed by atoms with E-state index in [-0.39, 0.29) is 18.2 Å². The van der Waals surface area contributed by atoms with Crippen molar-refractivity contribution < 1.29 is 4.79 Å². The van der Waals surface area contributed by atoms with E-state index >= 15 is 0 Å². The third kappa shape index (κ3) is 1.98. The lowest BCUT2D eigenvalue weighted by molar-refractivity contribution is -0.117. The largest absolute Gasteiger partial charge is 0.311 e. The number of nitrogens with zero attached hydrogens (tertiary/aromatic N) is 3. The molecule has 1 aromatic carbocycles. The van der Waals surface area contributed by atoms with Gasteiger partial charge >= 0.3 is 0 Å². The van der Waals surface area contributed by atoms with Crippen LogP contribution in [0.5, 0.6) is 0 Å². The van der Waals surface area contributed by atoms with Crippen LogP contribution in [0.3, 0.4) is 0 Å². The molecule has 1 aromatic rings. The van der Waals surface area contributed by atoms with Crippen LogP contribution in [0.1, 0.15) is 17.5 Å². The van der Waals surface area contributed by atoms with Gasteiger partial charge < -0.3 is 4.90 Å². The molecule has 0 bridgehead atoms. The van der Waals surface area contributed by atoms with Crippen molar-refractivity contribution in [3.8, 4) is 12.1 Å². The third-order valence-electron chi connectivity index (χ3n) is 2.94. The standard InChI is InChI=1S/C13H11N3O/c1-9-2-3-10(6-14)4-12(9)16-8-11(7-15)5-13(16)17/h2-4,11H,5,8H2,1H3. The van der Waals surface area contributed by atoms with Gasteiger partial charge in [-0.1, -0.05) is 6.07 Å². The quantitative estimate of drug-likeness (QED) is 0.731. The summed E-state index contributed by atoms with van der Waals surface area (Å²) >= 11 is 0. The summed E-state index contributed by atoms with van der Waals surface area (Å²) < 4.78 is 0. The topological polar surface area (TPSA) is 67.9 Å². The predicted octanol–water partition coefficient (Wildman–Crippen LogP) is 1.74. The molecule has 0 saturated carbocycles. The number of rotatable bonds is 1. The van der Waals surface area contributed by atoms with E-state index in [9.17, 15) is 4.79 Å². The SMILES string of the molecule is Cc1ccc(C#N)cc1N1CC(C#N)CC1=O. The predicted molar refractivity (Wildman–Crippen MR) is 62.0 cm³/mol. The minimum Gasteiger partial charge on any atom is -0.311 e. The number of nitriles is 2. The van der Waals surface area contributed by atoms with E-state index in [1.54, 1.807) is 17.0 Å². The van der Waals surface area contributed by atoms with Gasteiger partial charge in [0.1, 0.15) is 0 Å². The Morgan fingerprint density at radius 1 is 1.41 bits per heavy atom. The molecule has 1 saturated heterocycles. The summed E-state index contributed by atoms with van der Waals surface area (Å²) in [4.78, 5) is 13.4. The Bertz CT molecular complexity index is 551. The van der Waals surface area contributed by atoms with Crippen LogP contribution in [0.2, 0.25) is 0 Å². The lowest BCUT2D eigenvalue weighted by Crippen LogP contribution is -2.25. The van der Waals surface area contributed by atoms with Gasteiger partial charge in [-0.15, -0.1) is 0 Å². The molecule has 1 amide bonds. The second-order valence-corrected chi connectivity index (χ2v) is 4.15. The zero-order valence-corrected chi connectivity index (χ0v) is 9.47. The number of hydrogen-bond acceptors (Lipinski definition) is 3. The summed E-state index contributed by atoms with van der Waals surface area (Å²) in [6, 6.07) is 9.41. The van der Waals surface area contributed by atoms with Crippen LogP contribution in [0.4, 0.5) is 5.69 Å². The number of amides is 1. The van der Waals surface area contributed by atoms with Gasteiger partial charge in [0.05, 0.1) is 23.6 Å². The minimum absolute atomic E-state index is 0.0465. The van der Waals surface area contributed by atoms with E-state index in [4.69, 9.17) is 10.5 Å². The number of carbonyl (C=O) groups is 1. The maximum atomic E-state index is 11.8. The number of anilines is 1. The molecule has 4 heteroatoms. The Balaban J connectivity index is 2.39. The Labute approximate surface area is 99.7 Å². The highest BCUT2D eigenvalue weighted by atomic mass is 16.2. The molecule has 17 heavy (non-hydrogen) atoms. The Kier molecular flexibility index (Phi) is 2.80. The highest BCUT2D eigenvalue weighted by Gasteiger charge is 2.31. The Hall–Kier alpha value is -2.33. The van der Waals surface area contributed by atoms with E-state index < -0.39 is 0 Å². The van der Waals surface area contributed by atoms with E-state index in [0.29, 0.717) is 12.1 Å². The lowest BCUT2D eigenvalue weighted by Gasteiger charge is -2.18. The third-order valence-corrected chi connectivity index (χ3v) is 2.94. The van der Waals surface area contributed by atoms with Gasteiger partial charge in [0, 0.05) is 18.7 Å². The molecule has 0 N–H and O–H groups in total. The van der Waals surface area contributed by atoms with Gasteiger partial charge in [-0.25, -0.2) is 0 Å². The van der Waals surface area contributed by atoms with Crippen molar-refractivity contribution in [2.75, 3.05) is 11.4 Å². The number of benzene rings is 1. The summed E-state index contributed by atoms with van der Waals surface area (Å²) in [6.45, 7) is 2.31. The van der Waals surface area contributed by atoms with Gasteiger partial charge in [0.2, 0.25) is 5.91 Å². The van der Waals surface area contributed by atoms with Gasteiger partial charge in [-0.3, -0.25) is 4.79 Å². The van der Waals surface area contributed by atoms with Crippen molar-refractivity contribution in [1.82, 2.24) is 0 Å². The van der Waals surface area contributed by atoms with Gasteiger partial charge in [0.15, 0.2) is 0 Å². The fraction of sp³-hybridized carbons (Fsp3) is 0.308. The van der Waals surface area contributed by atoms with Crippen molar-refractivity contribution in [1.29, 1.82) is 10.5 Å². The molecule has 1 aliphatic rings. The van der Waals surface area contributed by atoms with Crippen molar-refractivity contribution in [2.45, 2.75) is 13.3 Å². The van der Waals surface area contributed by atoms with Crippen molar-refractivity contribution >= 4 is 11.6 Å². The fourth-order valence-electron chi connectivity index (χ4n) is 2.00. The molecular formula is C13H11N3O. The first kappa shape index (κ1) is 11.2. The van der Waals surface area contributed by atoms with Gasteiger partial charge in [0.25, 0.3) is 0 Å². The van der Waals surface area contributed by atoms with Crippen LogP contribution >= 0.6 is 0 Å². The molecule has 1 aliphatic heterocycles. The normalized spacial score (nSPS) is 18.9.